The number of aryl methyl sites for hydroxylation is 1. The van der Waals surface area contributed by atoms with E-state index in [0.717, 1.165) is 39.6 Å². The fourth-order valence-electron chi connectivity index (χ4n) is 5.41. The van der Waals surface area contributed by atoms with E-state index in [4.69, 9.17) is 4.74 Å². The minimum Gasteiger partial charge on any atom is -0.494 e. The van der Waals surface area contributed by atoms with Gasteiger partial charge in [0.1, 0.15) is 17.7 Å². The summed E-state index contributed by atoms with van der Waals surface area (Å²) < 4.78 is 7.97. The second-order valence-corrected chi connectivity index (χ2v) is 13.5. The lowest BCUT2D eigenvalue weighted by Crippen LogP contribution is -2.35. The van der Waals surface area contributed by atoms with Crippen LogP contribution in [0, 0.1) is 10.1 Å². The Morgan fingerprint density at radius 2 is 1.84 bits per heavy atom. The first-order valence-corrected chi connectivity index (χ1v) is 17.7. The monoisotopic (exact) mass is 707 g/mol. The van der Waals surface area contributed by atoms with Gasteiger partial charge in [0.15, 0.2) is 17.9 Å². The van der Waals surface area contributed by atoms with E-state index >= 15 is 0 Å². The summed E-state index contributed by atoms with van der Waals surface area (Å²) in [5.41, 5.74) is 4.28. The molecule has 3 aromatic carbocycles. The Balaban J connectivity index is 0.925. The maximum atomic E-state index is 12.8. The molecule has 0 fully saturated rings. The van der Waals surface area contributed by atoms with Crippen molar-refractivity contribution in [2.24, 2.45) is 0 Å². The normalized spacial score (nSPS) is 13.1. The highest BCUT2D eigenvalue weighted by molar-refractivity contribution is 8.03. The molecule has 0 radical (unpaired) electrons. The number of anilines is 2. The van der Waals surface area contributed by atoms with E-state index < -0.39 is 11.0 Å². The third-order valence-electron chi connectivity index (χ3n) is 8.02. The van der Waals surface area contributed by atoms with Crippen molar-refractivity contribution in [1.29, 1.82) is 0 Å². The van der Waals surface area contributed by atoms with Crippen molar-refractivity contribution in [2.75, 3.05) is 23.9 Å². The summed E-state index contributed by atoms with van der Waals surface area (Å²) in [6, 6.07) is 25.6. The lowest BCUT2D eigenvalue weighted by atomic mass is 10.1. The molecule has 0 unspecified atom stereocenters. The van der Waals surface area contributed by atoms with E-state index in [2.05, 4.69) is 99.0 Å². The number of nitro groups is 1. The van der Waals surface area contributed by atoms with E-state index in [1.165, 1.54) is 15.6 Å². The van der Waals surface area contributed by atoms with Crippen LogP contribution in [0.1, 0.15) is 30.4 Å². The number of aromatic nitrogens is 2. The SMILES string of the molecule is CN1/C(=C/C=C/c2cc[n+](CCC(=O)CCCOc3ccc(CNC(=O)Nc4ncc([N+](=O)[O-])s4)cc3)c3ccccc23)Sc2ccccc21. The van der Waals surface area contributed by atoms with Crippen LogP contribution in [-0.2, 0) is 17.9 Å². The molecule has 3 heterocycles. The van der Waals surface area contributed by atoms with Gasteiger partial charge in [-0.05, 0) is 65.3 Å². The molecule has 254 valence electrons. The van der Waals surface area contributed by atoms with Gasteiger partial charge in [-0.15, -0.1) is 0 Å². The minimum atomic E-state index is -0.559. The Bertz CT molecular complexity index is 2080. The number of fused-ring (bicyclic) bond motifs is 2. The predicted octanol–water partition coefficient (Wildman–Crippen LogP) is 7.73. The average molecular weight is 708 g/mol. The Labute approximate surface area is 297 Å². The average Bonchev–Trinajstić information content (AvgIpc) is 3.73. The van der Waals surface area contributed by atoms with Gasteiger partial charge in [0, 0.05) is 37.0 Å². The molecule has 0 atom stereocenters. The van der Waals surface area contributed by atoms with Gasteiger partial charge in [-0.3, -0.25) is 20.2 Å². The predicted molar refractivity (Wildman–Crippen MR) is 197 cm³/mol. The summed E-state index contributed by atoms with van der Waals surface area (Å²) in [5.74, 6) is 0.860. The maximum absolute atomic E-state index is 12.8. The maximum Gasteiger partial charge on any atom is 0.345 e. The van der Waals surface area contributed by atoms with Crippen LogP contribution in [0.4, 0.5) is 20.6 Å². The number of nitrogens with zero attached hydrogens (tertiary/aromatic N) is 4. The number of carbonyl (C=O) groups excluding carboxylic acids is 2. The number of ether oxygens (including phenoxy) is 1. The van der Waals surface area contributed by atoms with Crippen molar-refractivity contribution >= 4 is 67.7 Å². The molecular formula is C37H35N6O5S2+. The highest BCUT2D eigenvalue weighted by Gasteiger charge is 2.20. The first-order valence-electron chi connectivity index (χ1n) is 16.0. The number of thioether (sulfide) groups is 1. The summed E-state index contributed by atoms with van der Waals surface area (Å²) >= 11 is 2.55. The smallest absolute Gasteiger partial charge is 0.345 e. The molecule has 2 N–H and O–H groups in total. The molecule has 0 spiro atoms. The molecule has 0 saturated carbocycles. The number of nitrogens with one attached hydrogen (secondary N) is 2. The number of rotatable bonds is 14. The van der Waals surface area contributed by atoms with Crippen LogP contribution in [0.15, 0.2) is 113 Å². The zero-order valence-corrected chi connectivity index (χ0v) is 28.9. The van der Waals surface area contributed by atoms with Crippen molar-refractivity contribution in [2.45, 2.75) is 37.2 Å². The molecule has 13 heteroatoms. The lowest BCUT2D eigenvalue weighted by Gasteiger charge is -2.12. The summed E-state index contributed by atoms with van der Waals surface area (Å²) in [6.45, 7) is 1.27. The number of ketones is 1. The molecule has 50 heavy (non-hydrogen) atoms. The Kier molecular flexibility index (Phi) is 11.2. The minimum absolute atomic E-state index is 0.147. The van der Waals surface area contributed by atoms with Gasteiger partial charge in [0.25, 0.3) is 0 Å². The molecule has 0 bridgehead atoms. The number of pyridine rings is 1. The number of urea groups is 1. The van der Waals surface area contributed by atoms with E-state index in [-0.39, 0.29) is 22.5 Å². The highest BCUT2D eigenvalue weighted by Crippen LogP contribution is 2.44. The van der Waals surface area contributed by atoms with Crippen LogP contribution in [0.3, 0.4) is 0 Å². The molecule has 1 aliphatic heterocycles. The van der Waals surface area contributed by atoms with Gasteiger partial charge in [-0.25, -0.2) is 9.78 Å². The Morgan fingerprint density at radius 1 is 1.04 bits per heavy atom. The van der Waals surface area contributed by atoms with Crippen molar-refractivity contribution in [3.8, 4) is 5.75 Å². The topological polar surface area (TPSA) is 131 Å². The molecule has 6 rings (SSSR count). The standard InChI is InChI=1S/C37H34N6O5S2/c1-41-32-12-4-5-13-33(32)49-34(41)14-6-8-27-19-21-42(31-11-3-2-10-30(27)31)22-20-28(44)9-7-23-48-29-17-15-26(16-18-29)24-38-36(45)40-37-39-25-35(50-37)43(46)47/h2-6,8,10-19,21,25H,7,9,20,22-24H2,1H3,(H-,38,39,40,45)/p+1. The quantitative estimate of drug-likeness (QED) is 0.0519. The molecule has 5 aromatic rings. The van der Waals surface area contributed by atoms with Gasteiger partial charge in [-0.2, -0.15) is 4.57 Å². The first kappa shape index (κ1) is 34.3. The third kappa shape index (κ3) is 8.73. The van der Waals surface area contributed by atoms with E-state index in [1.807, 2.05) is 36.4 Å². The van der Waals surface area contributed by atoms with Gasteiger partial charge in [0.2, 0.25) is 5.52 Å². The van der Waals surface area contributed by atoms with Crippen LogP contribution in [0.5, 0.6) is 5.75 Å². The van der Waals surface area contributed by atoms with Crippen LogP contribution in [-0.4, -0.2) is 35.4 Å². The molecule has 2 aromatic heterocycles. The van der Waals surface area contributed by atoms with Crippen LogP contribution in [0.25, 0.3) is 17.0 Å². The van der Waals surface area contributed by atoms with E-state index in [0.29, 0.717) is 38.2 Å². The van der Waals surface area contributed by atoms with Gasteiger partial charge in [0.05, 0.1) is 34.1 Å². The van der Waals surface area contributed by atoms with Crippen molar-refractivity contribution in [3.63, 3.8) is 0 Å². The van der Waals surface area contributed by atoms with Gasteiger partial charge < -0.3 is 15.0 Å². The number of benzene rings is 3. The summed E-state index contributed by atoms with van der Waals surface area (Å²) in [5, 5.41) is 18.2. The highest BCUT2D eigenvalue weighted by atomic mass is 32.2. The fourth-order valence-corrected chi connectivity index (χ4v) is 7.10. The molecule has 0 aliphatic carbocycles. The number of carbonyl (C=O) groups is 2. The number of hydrogen-bond acceptors (Lipinski definition) is 9. The molecular weight excluding hydrogens is 673 g/mol. The van der Waals surface area contributed by atoms with Crippen molar-refractivity contribution < 1.29 is 23.8 Å². The van der Waals surface area contributed by atoms with Crippen LogP contribution < -0.4 is 24.8 Å². The zero-order valence-electron chi connectivity index (χ0n) is 27.3. The Morgan fingerprint density at radius 3 is 2.64 bits per heavy atom. The molecule has 11 nitrogen and oxygen atoms in total. The lowest BCUT2D eigenvalue weighted by molar-refractivity contribution is -0.670. The van der Waals surface area contributed by atoms with E-state index in [1.54, 1.807) is 11.8 Å². The van der Waals surface area contributed by atoms with Gasteiger partial charge >= 0.3 is 11.0 Å². The number of para-hydroxylation sites is 2. The van der Waals surface area contributed by atoms with Crippen LogP contribution in [0.2, 0.25) is 0 Å². The number of Topliss-reactive ketones (excluding diaryl/α,β-unsaturated/α-hetero) is 1. The number of hydrogen-bond donors (Lipinski definition) is 2. The largest absolute Gasteiger partial charge is 0.494 e. The first-order chi connectivity index (χ1) is 24.3. The molecule has 0 saturated heterocycles. The zero-order chi connectivity index (χ0) is 34.9. The number of amides is 2. The number of allylic oxidation sites excluding steroid dienone is 2. The second kappa shape index (κ2) is 16.2. The summed E-state index contributed by atoms with van der Waals surface area (Å²) in [4.78, 5) is 42.3. The van der Waals surface area contributed by atoms with Crippen molar-refractivity contribution in [1.82, 2.24) is 10.3 Å². The van der Waals surface area contributed by atoms with Crippen molar-refractivity contribution in [3.05, 3.63) is 130 Å². The second-order valence-electron chi connectivity index (χ2n) is 11.4. The Hall–Kier alpha value is -5.53. The fraction of sp³-hybridized carbons (Fsp3) is 0.189. The van der Waals surface area contributed by atoms with Crippen LogP contribution >= 0.6 is 23.1 Å². The number of thiazole rings is 1. The summed E-state index contributed by atoms with van der Waals surface area (Å²) in [6.07, 6.45) is 11.0. The molecule has 2 amide bonds. The van der Waals surface area contributed by atoms with Gasteiger partial charge in [-0.1, -0.05) is 60.3 Å². The summed E-state index contributed by atoms with van der Waals surface area (Å²) in [7, 11) is 2.09. The molecule has 1 aliphatic rings. The van der Waals surface area contributed by atoms with E-state index in [9.17, 15) is 19.7 Å². The third-order valence-corrected chi connectivity index (χ3v) is 10.1.